The van der Waals surface area contributed by atoms with E-state index in [9.17, 15) is 10.2 Å². The van der Waals surface area contributed by atoms with Crippen LogP contribution in [0.5, 0.6) is 17.2 Å². The minimum atomic E-state index is -0.574. The molecule has 3 N–H and O–H groups in total. The maximum atomic E-state index is 9.95. The standard InChI is InChI=1S/C19H25NO4/c1-14-4-3-5-17(10-14)24-13-16(21)12-20-9-8-15-6-7-19(23-2)18(22)11-15/h3-7,10-11,16,20-22H,8-9,12-13H2,1-2H3. The first-order valence-corrected chi connectivity index (χ1v) is 8.02. The van der Waals surface area contributed by atoms with E-state index in [0.29, 0.717) is 18.8 Å². The molecule has 0 aliphatic rings. The van der Waals surface area contributed by atoms with Gasteiger partial charge in [0.1, 0.15) is 18.5 Å². The number of aliphatic hydroxyl groups excluding tert-OH is 1. The summed E-state index contributed by atoms with van der Waals surface area (Å²) in [6, 6.07) is 13.1. The Labute approximate surface area is 142 Å². The Bertz CT molecular complexity index is 645. The first-order valence-electron chi connectivity index (χ1n) is 8.02. The Morgan fingerprint density at radius 1 is 1.17 bits per heavy atom. The maximum absolute atomic E-state index is 9.95. The van der Waals surface area contributed by atoms with Gasteiger partial charge in [0.25, 0.3) is 0 Å². The topological polar surface area (TPSA) is 71.0 Å². The van der Waals surface area contributed by atoms with Crippen molar-refractivity contribution in [3.05, 3.63) is 53.6 Å². The van der Waals surface area contributed by atoms with Crippen LogP contribution in [0.3, 0.4) is 0 Å². The Morgan fingerprint density at radius 2 is 2.00 bits per heavy atom. The summed E-state index contributed by atoms with van der Waals surface area (Å²) in [5.74, 6) is 1.37. The quantitative estimate of drug-likeness (QED) is 0.615. The molecule has 0 spiro atoms. The third-order valence-corrected chi connectivity index (χ3v) is 3.65. The second kappa shape index (κ2) is 9.15. The van der Waals surface area contributed by atoms with Crippen LogP contribution in [0.1, 0.15) is 11.1 Å². The second-order valence-corrected chi connectivity index (χ2v) is 5.74. The molecule has 130 valence electrons. The molecule has 5 heteroatoms. The normalized spacial score (nSPS) is 12.0. The third kappa shape index (κ3) is 5.76. The third-order valence-electron chi connectivity index (χ3n) is 3.65. The molecule has 5 nitrogen and oxygen atoms in total. The lowest BCUT2D eigenvalue weighted by molar-refractivity contribution is 0.106. The molecule has 0 fully saturated rings. The zero-order chi connectivity index (χ0) is 17.4. The van der Waals surface area contributed by atoms with Crippen LogP contribution in [0.4, 0.5) is 0 Å². The fourth-order valence-electron chi connectivity index (χ4n) is 2.35. The maximum Gasteiger partial charge on any atom is 0.160 e. The second-order valence-electron chi connectivity index (χ2n) is 5.74. The van der Waals surface area contributed by atoms with Crippen molar-refractivity contribution in [2.45, 2.75) is 19.4 Å². The van der Waals surface area contributed by atoms with E-state index in [1.807, 2.05) is 37.3 Å². The molecule has 0 amide bonds. The number of ether oxygens (including phenoxy) is 2. The predicted molar refractivity (Wildman–Crippen MR) is 93.9 cm³/mol. The summed E-state index contributed by atoms with van der Waals surface area (Å²) in [5, 5.41) is 22.9. The highest BCUT2D eigenvalue weighted by molar-refractivity contribution is 5.41. The lowest BCUT2D eigenvalue weighted by atomic mass is 10.1. The van der Waals surface area contributed by atoms with Crippen LogP contribution in [-0.2, 0) is 6.42 Å². The largest absolute Gasteiger partial charge is 0.504 e. The summed E-state index contributed by atoms with van der Waals surface area (Å²) >= 11 is 0. The van der Waals surface area contributed by atoms with Crippen LogP contribution in [0, 0.1) is 6.92 Å². The first kappa shape index (κ1) is 18.1. The molecule has 2 aromatic carbocycles. The highest BCUT2D eigenvalue weighted by atomic mass is 16.5. The van der Waals surface area contributed by atoms with Crippen molar-refractivity contribution in [2.75, 3.05) is 26.8 Å². The fourth-order valence-corrected chi connectivity index (χ4v) is 2.35. The SMILES string of the molecule is COc1ccc(CCNCC(O)COc2cccc(C)c2)cc1O. The molecule has 0 aromatic heterocycles. The number of nitrogens with one attached hydrogen (secondary N) is 1. The Balaban J connectivity index is 1.65. The number of aliphatic hydroxyl groups is 1. The van der Waals surface area contributed by atoms with Crippen LogP contribution >= 0.6 is 0 Å². The van der Waals surface area contributed by atoms with E-state index in [4.69, 9.17) is 9.47 Å². The Kier molecular flexibility index (Phi) is 6.90. The fraction of sp³-hybridized carbons (Fsp3) is 0.368. The molecule has 2 rings (SSSR count). The minimum absolute atomic E-state index is 0.140. The molecule has 2 aromatic rings. The molecule has 0 aliphatic heterocycles. The number of aromatic hydroxyl groups is 1. The van der Waals surface area contributed by atoms with Crippen molar-refractivity contribution in [3.63, 3.8) is 0 Å². The monoisotopic (exact) mass is 331 g/mol. The van der Waals surface area contributed by atoms with E-state index in [-0.39, 0.29) is 12.4 Å². The predicted octanol–water partition coefficient (Wildman–Crippen LogP) is 2.28. The number of aryl methyl sites for hydroxylation is 1. The molecule has 0 heterocycles. The molecule has 24 heavy (non-hydrogen) atoms. The van der Waals surface area contributed by atoms with E-state index in [1.165, 1.54) is 7.11 Å². The summed E-state index contributed by atoms with van der Waals surface area (Å²) in [6.07, 6.45) is 0.179. The minimum Gasteiger partial charge on any atom is -0.504 e. The molecular weight excluding hydrogens is 306 g/mol. The van der Waals surface area contributed by atoms with Gasteiger partial charge in [-0.2, -0.15) is 0 Å². The van der Waals surface area contributed by atoms with Gasteiger partial charge in [0.15, 0.2) is 11.5 Å². The van der Waals surface area contributed by atoms with Crippen molar-refractivity contribution >= 4 is 0 Å². The summed E-state index contributed by atoms with van der Waals surface area (Å²) in [4.78, 5) is 0. The number of methoxy groups -OCH3 is 1. The number of benzene rings is 2. The van der Waals surface area contributed by atoms with Crippen LogP contribution in [-0.4, -0.2) is 43.1 Å². The van der Waals surface area contributed by atoms with Crippen molar-refractivity contribution in [1.82, 2.24) is 5.32 Å². The smallest absolute Gasteiger partial charge is 0.160 e. The van der Waals surface area contributed by atoms with Crippen LogP contribution in [0.25, 0.3) is 0 Å². The van der Waals surface area contributed by atoms with E-state index < -0.39 is 6.10 Å². The molecule has 0 saturated carbocycles. The zero-order valence-corrected chi connectivity index (χ0v) is 14.2. The van der Waals surface area contributed by atoms with Crippen molar-refractivity contribution < 1.29 is 19.7 Å². The molecule has 0 saturated heterocycles. The van der Waals surface area contributed by atoms with Gasteiger partial charge in [0.2, 0.25) is 0 Å². The van der Waals surface area contributed by atoms with E-state index >= 15 is 0 Å². The molecule has 1 atom stereocenters. The number of hydrogen-bond acceptors (Lipinski definition) is 5. The van der Waals surface area contributed by atoms with E-state index in [0.717, 1.165) is 23.3 Å². The number of hydrogen-bond donors (Lipinski definition) is 3. The highest BCUT2D eigenvalue weighted by Gasteiger charge is 2.06. The summed E-state index contributed by atoms with van der Waals surface area (Å²) < 4.78 is 10.6. The van der Waals surface area contributed by atoms with Crippen molar-refractivity contribution in [1.29, 1.82) is 0 Å². The average molecular weight is 331 g/mol. The summed E-state index contributed by atoms with van der Waals surface area (Å²) in [6.45, 7) is 3.41. The van der Waals surface area contributed by atoms with Gasteiger partial charge in [0.05, 0.1) is 7.11 Å². The van der Waals surface area contributed by atoms with Gasteiger partial charge in [-0.1, -0.05) is 18.2 Å². The lowest BCUT2D eigenvalue weighted by Gasteiger charge is -2.14. The molecule has 0 aliphatic carbocycles. The number of rotatable bonds is 9. The van der Waals surface area contributed by atoms with Crippen LogP contribution in [0.2, 0.25) is 0 Å². The molecule has 0 radical (unpaired) electrons. The Hall–Kier alpha value is -2.24. The van der Waals surface area contributed by atoms with Crippen LogP contribution < -0.4 is 14.8 Å². The van der Waals surface area contributed by atoms with E-state index in [2.05, 4.69) is 5.32 Å². The van der Waals surface area contributed by atoms with Gasteiger partial charge in [0, 0.05) is 6.54 Å². The lowest BCUT2D eigenvalue weighted by Crippen LogP contribution is -2.32. The van der Waals surface area contributed by atoms with Gasteiger partial charge in [-0.15, -0.1) is 0 Å². The van der Waals surface area contributed by atoms with Crippen LogP contribution in [0.15, 0.2) is 42.5 Å². The Morgan fingerprint density at radius 3 is 2.71 bits per heavy atom. The number of phenolic OH excluding ortho intramolecular Hbond substituents is 1. The zero-order valence-electron chi connectivity index (χ0n) is 14.2. The van der Waals surface area contributed by atoms with E-state index in [1.54, 1.807) is 12.1 Å². The average Bonchev–Trinajstić information content (AvgIpc) is 2.57. The first-order chi connectivity index (χ1) is 11.6. The highest BCUT2D eigenvalue weighted by Crippen LogP contribution is 2.26. The molecule has 1 unspecified atom stereocenters. The summed E-state index contributed by atoms with van der Waals surface area (Å²) in [5.41, 5.74) is 2.13. The van der Waals surface area contributed by atoms with Gasteiger partial charge < -0.3 is 25.0 Å². The van der Waals surface area contributed by atoms with Crippen molar-refractivity contribution in [2.24, 2.45) is 0 Å². The van der Waals surface area contributed by atoms with Gasteiger partial charge >= 0.3 is 0 Å². The molecule has 0 bridgehead atoms. The van der Waals surface area contributed by atoms with Crippen molar-refractivity contribution in [3.8, 4) is 17.2 Å². The molecular formula is C19H25NO4. The summed E-state index contributed by atoms with van der Waals surface area (Å²) in [7, 11) is 1.52. The number of phenols is 1. The van der Waals surface area contributed by atoms with Gasteiger partial charge in [-0.3, -0.25) is 0 Å². The van der Waals surface area contributed by atoms with Gasteiger partial charge in [-0.25, -0.2) is 0 Å². The van der Waals surface area contributed by atoms with Gasteiger partial charge in [-0.05, 0) is 55.3 Å².